The third kappa shape index (κ3) is 2.43. The van der Waals surface area contributed by atoms with E-state index in [2.05, 4.69) is 4.98 Å². The van der Waals surface area contributed by atoms with E-state index in [0.717, 1.165) is 10.1 Å². The van der Waals surface area contributed by atoms with E-state index in [1.807, 2.05) is 22.9 Å². The first-order valence-electron chi connectivity index (χ1n) is 6.10. The highest BCUT2D eigenvalue weighted by atomic mass is 32.1. The largest absolute Gasteiger partial charge is 0.320 e. The van der Waals surface area contributed by atoms with Crippen molar-refractivity contribution in [2.75, 3.05) is 0 Å². The van der Waals surface area contributed by atoms with Crippen LogP contribution in [-0.4, -0.2) is 9.55 Å². The summed E-state index contributed by atoms with van der Waals surface area (Å²) in [5.41, 5.74) is 1.67. The molecule has 21 heavy (non-hydrogen) atoms. The SMILES string of the molecule is N#CC(=Cc1ccsc1)c1nc2ccccc2n1C(F)F. The number of thiophene rings is 1. The molecule has 3 rings (SSSR count). The molecule has 3 aromatic rings. The minimum atomic E-state index is -2.76. The number of nitrogens with zero attached hydrogens (tertiary/aromatic N) is 3. The summed E-state index contributed by atoms with van der Waals surface area (Å²) in [4.78, 5) is 4.18. The molecule has 0 amide bonds. The standard InChI is InChI=1S/C15H9F2N3S/c16-15(17)20-13-4-2-1-3-12(13)19-14(20)11(8-18)7-10-5-6-21-9-10/h1-7,9,15H. The number of allylic oxidation sites excluding steroid dienone is 1. The molecule has 0 atom stereocenters. The maximum Gasteiger partial charge on any atom is 0.320 e. The monoisotopic (exact) mass is 301 g/mol. The molecule has 0 fully saturated rings. The topological polar surface area (TPSA) is 41.6 Å². The number of hydrogen-bond donors (Lipinski definition) is 0. The van der Waals surface area contributed by atoms with Crippen molar-refractivity contribution in [3.63, 3.8) is 0 Å². The zero-order valence-electron chi connectivity index (χ0n) is 10.7. The van der Waals surface area contributed by atoms with E-state index in [1.54, 1.807) is 30.3 Å². The molecule has 104 valence electrons. The summed E-state index contributed by atoms with van der Waals surface area (Å²) < 4.78 is 27.5. The van der Waals surface area contributed by atoms with Crippen molar-refractivity contribution < 1.29 is 8.78 Å². The van der Waals surface area contributed by atoms with Crippen molar-refractivity contribution >= 4 is 34.0 Å². The first-order chi connectivity index (χ1) is 10.2. The van der Waals surface area contributed by atoms with Crippen LogP contribution in [0.15, 0.2) is 41.1 Å². The van der Waals surface area contributed by atoms with Crippen LogP contribution in [0, 0.1) is 11.3 Å². The van der Waals surface area contributed by atoms with Crippen LogP contribution in [0.25, 0.3) is 22.7 Å². The predicted octanol–water partition coefficient (Wildman–Crippen LogP) is 4.56. The van der Waals surface area contributed by atoms with Gasteiger partial charge in [0.05, 0.1) is 16.6 Å². The molecule has 0 saturated carbocycles. The molecule has 1 aromatic carbocycles. The normalized spacial score (nSPS) is 12.0. The third-order valence-electron chi connectivity index (χ3n) is 3.01. The van der Waals surface area contributed by atoms with Crippen molar-refractivity contribution in [1.29, 1.82) is 5.26 Å². The van der Waals surface area contributed by atoms with Gasteiger partial charge in [0, 0.05) is 0 Å². The number of benzene rings is 1. The molecule has 0 saturated heterocycles. The lowest BCUT2D eigenvalue weighted by atomic mass is 10.2. The van der Waals surface area contributed by atoms with Crippen LogP contribution < -0.4 is 0 Å². The van der Waals surface area contributed by atoms with E-state index >= 15 is 0 Å². The Labute approximate surface area is 123 Å². The van der Waals surface area contributed by atoms with Gasteiger partial charge in [-0.2, -0.15) is 25.4 Å². The molecule has 6 heteroatoms. The molecule has 2 heterocycles. The van der Waals surface area contributed by atoms with Crippen LogP contribution in [0.1, 0.15) is 17.9 Å². The molecular weight excluding hydrogens is 292 g/mol. The summed E-state index contributed by atoms with van der Waals surface area (Å²) in [6.07, 6.45) is 1.57. The lowest BCUT2D eigenvalue weighted by Crippen LogP contribution is -2.03. The Hall–Kier alpha value is -2.52. The van der Waals surface area contributed by atoms with Crippen LogP contribution in [0.2, 0.25) is 0 Å². The first kappa shape index (κ1) is 13.5. The molecular formula is C15H9F2N3S. The van der Waals surface area contributed by atoms with E-state index in [-0.39, 0.29) is 11.4 Å². The summed E-state index contributed by atoms with van der Waals surface area (Å²) >= 11 is 1.47. The lowest BCUT2D eigenvalue weighted by Gasteiger charge is -2.06. The molecule has 0 aliphatic rings. The quantitative estimate of drug-likeness (QED) is 0.666. The van der Waals surface area contributed by atoms with Crippen molar-refractivity contribution in [3.05, 3.63) is 52.5 Å². The molecule has 0 N–H and O–H groups in total. The molecule has 2 aromatic heterocycles. The number of hydrogen-bond acceptors (Lipinski definition) is 3. The van der Waals surface area contributed by atoms with E-state index in [0.29, 0.717) is 11.0 Å². The zero-order valence-corrected chi connectivity index (χ0v) is 11.5. The fourth-order valence-electron chi connectivity index (χ4n) is 2.10. The Balaban J connectivity index is 2.24. The molecule has 0 unspecified atom stereocenters. The molecule has 3 nitrogen and oxygen atoms in total. The highest BCUT2D eigenvalue weighted by molar-refractivity contribution is 7.08. The Bertz CT molecular complexity index is 842. The lowest BCUT2D eigenvalue weighted by molar-refractivity contribution is 0.0738. The van der Waals surface area contributed by atoms with Gasteiger partial charge in [0.15, 0.2) is 5.82 Å². The predicted molar refractivity (Wildman–Crippen MR) is 78.8 cm³/mol. The number of alkyl halides is 2. The molecule has 0 spiro atoms. The van der Waals surface area contributed by atoms with Gasteiger partial charge >= 0.3 is 6.55 Å². The summed E-state index contributed by atoms with van der Waals surface area (Å²) in [6, 6.07) is 10.4. The summed E-state index contributed by atoms with van der Waals surface area (Å²) in [5.74, 6) is -0.0140. The van der Waals surface area contributed by atoms with Crippen LogP contribution in [0.4, 0.5) is 8.78 Å². The number of rotatable bonds is 3. The van der Waals surface area contributed by atoms with Gasteiger partial charge in [-0.05, 0) is 40.6 Å². The van der Waals surface area contributed by atoms with Gasteiger partial charge in [-0.25, -0.2) is 4.98 Å². The molecule has 0 radical (unpaired) electrons. The van der Waals surface area contributed by atoms with Gasteiger partial charge in [0.2, 0.25) is 0 Å². The highest BCUT2D eigenvalue weighted by Crippen LogP contribution is 2.28. The number of imidazole rings is 1. The van der Waals surface area contributed by atoms with Gasteiger partial charge in [-0.15, -0.1) is 0 Å². The van der Waals surface area contributed by atoms with Gasteiger partial charge in [0.1, 0.15) is 6.07 Å². The van der Waals surface area contributed by atoms with E-state index in [1.165, 1.54) is 11.3 Å². The van der Waals surface area contributed by atoms with E-state index in [9.17, 15) is 14.0 Å². The average Bonchev–Trinajstić information content (AvgIpc) is 3.11. The van der Waals surface area contributed by atoms with Crippen LogP contribution >= 0.6 is 11.3 Å². The average molecular weight is 301 g/mol. The first-order valence-corrected chi connectivity index (χ1v) is 7.04. The van der Waals surface area contributed by atoms with Gasteiger partial charge in [-0.3, -0.25) is 4.57 Å². The maximum absolute atomic E-state index is 13.4. The summed E-state index contributed by atoms with van der Waals surface area (Å²) in [5, 5.41) is 13.0. The van der Waals surface area contributed by atoms with Crippen LogP contribution in [0.5, 0.6) is 0 Å². The van der Waals surface area contributed by atoms with Crippen LogP contribution in [0.3, 0.4) is 0 Å². The molecule has 0 aliphatic carbocycles. The van der Waals surface area contributed by atoms with Crippen LogP contribution in [-0.2, 0) is 0 Å². The van der Waals surface area contributed by atoms with Crippen molar-refractivity contribution in [1.82, 2.24) is 9.55 Å². The number of fused-ring (bicyclic) bond motifs is 1. The van der Waals surface area contributed by atoms with E-state index in [4.69, 9.17) is 0 Å². The summed E-state index contributed by atoms with van der Waals surface area (Å²) in [6.45, 7) is -2.76. The smallest absolute Gasteiger partial charge is 0.266 e. The van der Waals surface area contributed by atoms with Gasteiger partial charge in [-0.1, -0.05) is 12.1 Å². The zero-order chi connectivity index (χ0) is 14.8. The minimum absolute atomic E-state index is 0.0140. The Morgan fingerprint density at radius 3 is 2.81 bits per heavy atom. The van der Waals surface area contributed by atoms with Gasteiger partial charge < -0.3 is 0 Å². The minimum Gasteiger partial charge on any atom is -0.266 e. The third-order valence-corrected chi connectivity index (χ3v) is 3.71. The van der Waals surface area contributed by atoms with Crippen molar-refractivity contribution in [2.24, 2.45) is 0 Å². The van der Waals surface area contributed by atoms with E-state index < -0.39 is 6.55 Å². The maximum atomic E-state index is 13.4. The fourth-order valence-corrected chi connectivity index (χ4v) is 2.72. The Morgan fingerprint density at radius 1 is 1.33 bits per heavy atom. The Morgan fingerprint density at radius 2 is 2.14 bits per heavy atom. The fraction of sp³-hybridized carbons (Fsp3) is 0.0667. The number of nitriles is 1. The second-order valence-corrected chi connectivity index (χ2v) is 5.08. The van der Waals surface area contributed by atoms with Crippen molar-refractivity contribution in [3.8, 4) is 6.07 Å². The van der Waals surface area contributed by atoms with Crippen molar-refractivity contribution in [2.45, 2.75) is 6.55 Å². The second-order valence-electron chi connectivity index (χ2n) is 4.30. The number of aromatic nitrogens is 2. The molecule has 0 bridgehead atoms. The molecule has 0 aliphatic heterocycles. The second kappa shape index (κ2) is 5.46. The van der Waals surface area contributed by atoms with Gasteiger partial charge in [0.25, 0.3) is 0 Å². The summed E-state index contributed by atoms with van der Waals surface area (Å²) in [7, 11) is 0. The number of halogens is 2. The highest BCUT2D eigenvalue weighted by Gasteiger charge is 2.20. The Kier molecular flexibility index (Phi) is 3.50. The number of para-hydroxylation sites is 2.